The minimum absolute atomic E-state index is 0.150. The maximum Gasteiger partial charge on any atom is 0.408 e. The van der Waals surface area contributed by atoms with E-state index in [-0.39, 0.29) is 12.6 Å². The second kappa shape index (κ2) is 7.82. The van der Waals surface area contributed by atoms with Gasteiger partial charge in [0.05, 0.1) is 5.69 Å². The summed E-state index contributed by atoms with van der Waals surface area (Å²) in [5, 5.41) is 22.9. The summed E-state index contributed by atoms with van der Waals surface area (Å²) < 4.78 is 5.54. The molecule has 1 aliphatic carbocycles. The number of hydrogen-bond donors (Lipinski definition) is 3. The highest BCUT2D eigenvalue weighted by molar-refractivity contribution is 5.93. The number of nitrogens with one attached hydrogen (secondary N) is 1. The lowest BCUT2D eigenvalue weighted by Gasteiger charge is -2.38. The average molecular weight is 385 g/mol. The fourth-order valence-electron chi connectivity index (χ4n) is 3.20. The highest BCUT2D eigenvalue weighted by Crippen LogP contribution is 2.42. The molecule has 1 aromatic carbocycles. The number of rotatable bonds is 3. The summed E-state index contributed by atoms with van der Waals surface area (Å²) in [6.07, 6.45) is -0.205. The van der Waals surface area contributed by atoms with Gasteiger partial charge in [0, 0.05) is 22.7 Å². The molecule has 0 bridgehead atoms. The number of aliphatic hydroxyl groups excluding tert-OH is 2. The van der Waals surface area contributed by atoms with Crippen molar-refractivity contribution in [3.8, 4) is 11.8 Å². The van der Waals surface area contributed by atoms with Crippen molar-refractivity contribution in [2.45, 2.75) is 64.4 Å². The summed E-state index contributed by atoms with van der Waals surface area (Å²) in [5.74, 6) is 6.04. The minimum Gasteiger partial charge on any atom is -0.438 e. The van der Waals surface area contributed by atoms with E-state index in [2.05, 4.69) is 17.2 Å². The first-order chi connectivity index (χ1) is 13.2. The molecule has 28 heavy (non-hydrogen) atoms. The normalized spacial score (nSPS) is 19.7. The molecule has 3 N–H and O–H groups in total. The molecule has 3 rings (SSSR count). The zero-order valence-corrected chi connectivity index (χ0v) is 16.7. The smallest absolute Gasteiger partial charge is 0.408 e. The van der Waals surface area contributed by atoms with Crippen molar-refractivity contribution in [2.24, 2.45) is 4.99 Å². The molecule has 1 fully saturated rings. The lowest BCUT2D eigenvalue weighted by atomic mass is 10.0. The Morgan fingerprint density at radius 3 is 2.75 bits per heavy atom. The van der Waals surface area contributed by atoms with Crippen LogP contribution in [0, 0.1) is 11.8 Å². The number of carbonyl (C=O) groups excluding carboxylic acids is 1. The van der Waals surface area contributed by atoms with Crippen molar-refractivity contribution in [3.63, 3.8) is 0 Å². The Bertz CT molecular complexity index is 843. The standard InChI is InChI=1S/C21H27N3O4/c1-13(28-20(27)23-21(2,3)4)18-22-16-9-5-7-14(8-6-12-25)17(16)19(26)24(18)15-10-11-15/h5,7,9,13,15,19,25-26H,10-12H2,1-4H3,(H,23,27)/t13-,19-/m0/s1. The van der Waals surface area contributed by atoms with Crippen LogP contribution in [-0.4, -0.2) is 51.3 Å². The van der Waals surface area contributed by atoms with Crippen molar-refractivity contribution in [3.05, 3.63) is 29.3 Å². The van der Waals surface area contributed by atoms with Crippen LogP contribution >= 0.6 is 0 Å². The first-order valence-corrected chi connectivity index (χ1v) is 9.47. The molecule has 0 radical (unpaired) electrons. The van der Waals surface area contributed by atoms with E-state index in [1.54, 1.807) is 25.1 Å². The van der Waals surface area contributed by atoms with Gasteiger partial charge in [0.2, 0.25) is 0 Å². The summed E-state index contributed by atoms with van der Waals surface area (Å²) in [7, 11) is 0. The molecule has 1 heterocycles. The molecular weight excluding hydrogens is 358 g/mol. The Morgan fingerprint density at radius 2 is 2.14 bits per heavy atom. The lowest BCUT2D eigenvalue weighted by molar-refractivity contribution is 0.0334. The molecule has 0 spiro atoms. The van der Waals surface area contributed by atoms with Crippen molar-refractivity contribution in [1.29, 1.82) is 0 Å². The average Bonchev–Trinajstić information content (AvgIpc) is 3.42. The van der Waals surface area contributed by atoms with Crippen LogP contribution in [0.3, 0.4) is 0 Å². The Hall–Kier alpha value is -2.56. The number of carbonyl (C=O) groups is 1. The van der Waals surface area contributed by atoms with Crippen LogP contribution in [0.5, 0.6) is 0 Å². The Labute approximate surface area is 165 Å². The predicted octanol–water partition coefficient (Wildman–Crippen LogP) is 2.44. The number of nitrogens with zero attached hydrogens (tertiary/aromatic N) is 2. The molecule has 2 atom stereocenters. The molecule has 0 aromatic heterocycles. The second-order valence-electron chi connectivity index (χ2n) is 8.10. The Balaban J connectivity index is 1.94. The molecule has 150 valence electrons. The van der Waals surface area contributed by atoms with Gasteiger partial charge in [-0.2, -0.15) is 0 Å². The maximum absolute atomic E-state index is 12.2. The zero-order valence-electron chi connectivity index (χ0n) is 16.7. The third-order valence-corrected chi connectivity index (χ3v) is 4.47. The van der Waals surface area contributed by atoms with Gasteiger partial charge < -0.3 is 25.2 Å². The van der Waals surface area contributed by atoms with Crippen LogP contribution in [-0.2, 0) is 4.74 Å². The molecule has 7 nitrogen and oxygen atoms in total. The molecule has 1 saturated carbocycles. The molecule has 1 aromatic rings. The van der Waals surface area contributed by atoms with Gasteiger partial charge >= 0.3 is 6.09 Å². The number of ether oxygens (including phenoxy) is 1. The van der Waals surface area contributed by atoms with Crippen molar-refractivity contribution in [1.82, 2.24) is 10.2 Å². The molecule has 1 amide bonds. The van der Waals surface area contributed by atoms with Gasteiger partial charge in [-0.3, -0.25) is 0 Å². The molecule has 2 aliphatic rings. The fraction of sp³-hybridized carbons (Fsp3) is 0.524. The van der Waals surface area contributed by atoms with E-state index in [1.165, 1.54) is 0 Å². The van der Waals surface area contributed by atoms with Gasteiger partial charge in [-0.15, -0.1) is 0 Å². The summed E-state index contributed by atoms with van der Waals surface area (Å²) in [6.45, 7) is 7.13. The van der Waals surface area contributed by atoms with Gasteiger partial charge in [0.15, 0.2) is 12.3 Å². The van der Waals surface area contributed by atoms with E-state index in [0.717, 1.165) is 12.8 Å². The van der Waals surface area contributed by atoms with E-state index in [0.29, 0.717) is 22.6 Å². The number of benzene rings is 1. The highest BCUT2D eigenvalue weighted by Gasteiger charge is 2.42. The monoisotopic (exact) mass is 385 g/mol. The molecule has 0 saturated heterocycles. The Kier molecular flexibility index (Phi) is 5.64. The first-order valence-electron chi connectivity index (χ1n) is 9.47. The largest absolute Gasteiger partial charge is 0.438 e. The van der Waals surface area contributed by atoms with Gasteiger partial charge in [0.25, 0.3) is 0 Å². The van der Waals surface area contributed by atoms with Crippen LogP contribution in [0.2, 0.25) is 0 Å². The minimum atomic E-state index is -0.934. The first kappa shape index (κ1) is 20.2. The summed E-state index contributed by atoms with van der Waals surface area (Å²) >= 11 is 0. The molecule has 0 unspecified atom stereocenters. The number of amides is 1. The Morgan fingerprint density at radius 1 is 1.43 bits per heavy atom. The van der Waals surface area contributed by atoms with Gasteiger partial charge in [-0.1, -0.05) is 17.9 Å². The summed E-state index contributed by atoms with van der Waals surface area (Å²) in [4.78, 5) is 18.7. The van der Waals surface area contributed by atoms with Crippen molar-refractivity contribution in [2.75, 3.05) is 6.61 Å². The van der Waals surface area contributed by atoms with Gasteiger partial charge in [0.1, 0.15) is 12.4 Å². The van der Waals surface area contributed by atoms with E-state index >= 15 is 0 Å². The van der Waals surface area contributed by atoms with E-state index in [9.17, 15) is 9.90 Å². The maximum atomic E-state index is 12.2. The zero-order chi connectivity index (χ0) is 20.5. The van der Waals surface area contributed by atoms with Crippen LogP contribution in [0.15, 0.2) is 23.2 Å². The molecule has 1 aliphatic heterocycles. The predicted molar refractivity (Wildman–Crippen MR) is 106 cm³/mol. The highest BCUT2D eigenvalue weighted by atomic mass is 16.6. The number of fused-ring (bicyclic) bond motifs is 1. The van der Waals surface area contributed by atoms with Crippen molar-refractivity contribution >= 4 is 17.6 Å². The van der Waals surface area contributed by atoms with Gasteiger partial charge in [-0.25, -0.2) is 9.79 Å². The van der Waals surface area contributed by atoms with E-state index < -0.39 is 24.0 Å². The van der Waals surface area contributed by atoms with Crippen LogP contribution in [0.4, 0.5) is 10.5 Å². The van der Waals surface area contributed by atoms with Crippen LogP contribution in [0.1, 0.15) is 57.9 Å². The number of hydrogen-bond acceptors (Lipinski definition) is 6. The third kappa shape index (κ3) is 4.46. The summed E-state index contributed by atoms with van der Waals surface area (Å²) in [6, 6.07) is 5.55. The fourth-order valence-corrected chi connectivity index (χ4v) is 3.20. The number of amidine groups is 1. The topological polar surface area (TPSA) is 94.4 Å². The quantitative estimate of drug-likeness (QED) is 0.695. The van der Waals surface area contributed by atoms with Crippen molar-refractivity contribution < 1.29 is 19.7 Å². The van der Waals surface area contributed by atoms with Gasteiger partial charge in [-0.05, 0) is 52.7 Å². The molecular formula is C21H27N3O4. The van der Waals surface area contributed by atoms with Crippen LogP contribution in [0.25, 0.3) is 0 Å². The lowest BCUT2D eigenvalue weighted by Crippen LogP contribution is -2.48. The number of aliphatic imine (C=N–C) groups is 1. The van der Waals surface area contributed by atoms with E-state index in [4.69, 9.17) is 14.8 Å². The third-order valence-electron chi connectivity index (χ3n) is 4.47. The number of aliphatic hydroxyl groups is 2. The van der Waals surface area contributed by atoms with Crippen LogP contribution < -0.4 is 5.32 Å². The SMILES string of the molecule is C[C@H](OC(=O)NC(C)(C)C)C1=Nc2cccc(C#CCO)c2[C@H](O)N1C1CC1. The summed E-state index contributed by atoms with van der Waals surface area (Å²) in [5.41, 5.74) is 1.43. The molecule has 7 heteroatoms. The second-order valence-corrected chi connectivity index (χ2v) is 8.10. The van der Waals surface area contributed by atoms with E-state index in [1.807, 2.05) is 25.7 Å². The number of alkyl carbamates (subject to hydrolysis) is 1.